The molecule has 24 heavy (non-hydrogen) atoms. The summed E-state index contributed by atoms with van der Waals surface area (Å²) in [5, 5.41) is 10.3. The summed E-state index contributed by atoms with van der Waals surface area (Å²) >= 11 is 0. The second kappa shape index (κ2) is 8.47. The van der Waals surface area contributed by atoms with Crippen LogP contribution in [-0.2, 0) is 17.8 Å². The largest absolute Gasteiger partial charge is 0.468 e. The molecular formula is C20H29NO3. The van der Waals surface area contributed by atoms with Gasteiger partial charge >= 0.3 is 0 Å². The maximum atomic E-state index is 10.3. The molecule has 1 aromatic heterocycles. The number of nitrogens with zero attached hydrogens (tertiary/aromatic N) is 1. The lowest BCUT2D eigenvalue weighted by molar-refractivity contribution is -0.0576. The topological polar surface area (TPSA) is 45.8 Å². The SMILES string of the molecule is Cc1cccc(CN(Cc2ccco2)CC(O)COC(C)(C)C)c1. The molecule has 1 atom stereocenters. The van der Waals surface area contributed by atoms with Crippen LogP contribution in [0.4, 0.5) is 0 Å². The fourth-order valence-electron chi connectivity index (χ4n) is 2.57. The second-order valence-electron chi connectivity index (χ2n) is 7.32. The second-order valence-corrected chi connectivity index (χ2v) is 7.32. The number of rotatable bonds is 8. The summed E-state index contributed by atoms with van der Waals surface area (Å²) in [4.78, 5) is 2.18. The average Bonchev–Trinajstić information content (AvgIpc) is 2.97. The van der Waals surface area contributed by atoms with Gasteiger partial charge in [0.25, 0.3) is 0 Å². The Morgan fingerprint density at radius 2 is 1.96 bits per heavy atom. The van der Waals surface area contributed by atoms with Crippen LogP contribution >= 0.6 is 0 Å². The van der Waals surface area contributed by atoms with Gasteiger partial charge in [0.2, 0.25) is 0 Å². The Morgan fingerprint density at radius 3 is 2.58 bits per heavy atom. The van der Waals surface area contributed by atoms with Gasteiger partial charge in [-0.3, -0.25) is 4.90 Å². The van der Waals surface area contributed by atoms with Crippen molar-refractivity contribution in [2.45, 2.75) is 52.5 Å². The van der Waals surface area contributed by atoms with Crippen LogP contribution in [0.3, 0.4) is 0 Å². The highest BCUT2D eigenvalue weighted by Crippen LogP contribution is 2.14. The van der Waals surface area contributed by atoms with Gasteiger partial charge < -0.3 is 14.3 Å². The molecule has 4 heteroatoms. The molecule has 1 N–H and O–H groups in total. The molecule has 0 spiro atoms. The zero-order valence-electron chi connectivity index (χ0n) is 15.2. The predicted octanol–water partition coefficient (Wildman–Crippen LogP) is 3.77. The van der Waals surface area contributed by atoms with E-state index >= 15 is 0 Å². The first-order chi connectivity index (χ1) is 11.3. The van der Waals surface area contributed by atoms with Gasteiger partial charge in [0.1, 0.15) is 5.76 Å². The molecule has 1 heterocycles. The lowest BCUT2D eigenvalue weighted by Gasteiger charge is -2.27. The minimum Gasteiger partial charge on any atom is -0.468 e. The normalized spacial score (nSPS) is 13.4. The van der Waals surface area contributed by atoms with Crippen molar-refractivity contribution in [1.82, 2.24) is 4.90 Å². The van der Waals surface area contributed by atoms with Gasteiger partial charge in [0, 0.05) is 13.1 Å². The van der Waals surface area contributed by atoms with Gasteiger partial charge in [-0.2, -0.15) is 0 Å². The molecule has 0 saturated heterocycles. The Balaban J connectivity index is 1.99. The molecule has 0 saturated carbocycles. The van der Waals surface area contributed by atoms with Crippen molar-refractivity contribution in [2.24, 2.45) is 0 Å². The zero-order valence-corrected chi connectivity index (χ0v) is 15.2. The number of furan rings is 1. The van der Waals surface area contributed by atoms with E-state index in [1.54, 1.807) is 6.26 Å². The van der Waals surface area contributed by atoms with Gasteiger partial charge in [-0.1, -0.05) is 29.8 Å². The van der Waals surface area contributed by atoms with Crippen molar-refractivity contribution < 1.29 is 14.3 Å². The average molecular weight is 331 g/mol. The van der Waals surface area contributed by atoms with Crippen LogP contribution < -0.4 is 0 Å². The molecule has 132 valence electrons. The van der Waals surface area contributed by atoms with Gasteiger partial charge in [0.15, 0.2) is 0 Å². The van der Waals surface area contributed by atoms with E-state index in [4.69, 9.17) is 9.15 Å². The van der Waals surface area contributed by atoms with E-state index in [0.29, 0.717) is 19.7 Å². The number of aliphatic hydroxyl groups is 1. The molecule has 0 fully saturated rings. The quantitative estimate of drug-likeness (QED) is 0.800. The third-order valence-corrected chi connectivity index (χ3v) is 3.63. The highest BCUT2D eigenvalue weighted by molar-refractivity contribution is 5.22. The number of aliphatic hydroxyl groups excluding tert-OH is 1. The lowest BCUT2D eigenvalue weighted by atomic mass is 10.1. The van der Waals surface area contributed by atoms with Gasteiger partial charge in [-0.15, -0.1) is 0 Å². The van der Waals surface area contributed by atoms with Crippen LogP contribution in [0.5, 0.6) is 0 Å². The van der Waals surface area contributed by atoms with Gasteiger partial charge in [0.05, 0.1) is 31.1 Å². The van der Waals surface area contributed by atoms with E-state index < -0.39 is 6.10 Å². The van der Waals surface area contributed by atoms with Crippen molar-refractivity contribution in [3.05, 3.63) is 59.5 Å². The van der Waals surface area contributed by atoms with Gasteiger partial charge in [-0.25, -0.2) is 0 Å². The van der Waals surface area contributed by atoms with E-state index in [9.17, 15) is 5.11 Å². The molecule has 1 aromatic carbocycles. The van der Waals surface area contributed by atoms with Crippen LogP contribution in [0.1, 0.15) is 37.7 Å². The number of hydrogen-bond acceptors (Lipinski definition) is 4. The van der Waals surface area contributed by atoms with E-state index in [1.165, 1.54) is 11.1 Å². The molecule has 0 aliphatic carbocycles. The summed E-state index contributed by atoms with van der Waals surface area (Å²) in [5.74, 6) is 0.895. The molecule has 0 amide bonds. The summed E-state index contributed by atoms with van der Waals surface area (Å²) in [7, 11) is 0. The number of ether oxygens (including phenoxy) is 1. The fraction of sp³-hybridized carbons (Fsp3) is 0.500. The summed E-state index contributed by atoms with van der Waals surface area (Å²) in [5.41, 5.74) is 2.22. The van der Waals surface area contributed by atoms with Crippen LogP contribution in [0.25, 0.3) is 0 Å². The van der Waals surface area contributed by atoms with Crippen molar-refractivity contribution in [3.8, 4) is 0 Å². The molecule has 2 rings (SSSR count). The Hall–Kier alpha value is -1.62. The summed E-state index contributed by atoms with van der Waals surface area (Å²) in [6.45, 7) is 10.3. The van der Waals surface area contributed by atoms with Crippen molar-refractivity contribution in [2.75, 3.05) is 13.2 Å². The van der Waals surface area contributed by atoms with Crippen LogP contribution in [0, 0.1) is 6.92 Å². The summed E-state index contributed by atoms with van der Waals surface area (Å²) in [6, 6.07) is 12.3. The summed E-state index contributed by atoms with van der Waals surface area (Å²) < 4.78 is 11.2. The molecule has 0 aliphatic heterocycles. The van der Waals surface area contributed by atoms with Crippen molar-refractivity contribution in [3.63, 3.8) is 0 Å². The first-order valence-corrected chi connectivity index (χ1v) is 8.44. The number of aryl methyl sites for hydroxylation is 1. The minimum absolute atomic E-state index is 0.247. The lowest BCUT2D eigenvalue weighted by Crippen LogP contribution is -2.36. The van der Waals surface area contributed by atoms with Crippen LogP contribution in [0.2, 0.25) is 0 Å². The van der Waals surface area contributed by atoms with Gasteiger partial charge in [-0.05, 0) is 45.4 Å². The smallest absolute Gasteiger partial charge is 0.117 e. The molecule has 2 aromatic rings. The molecule has 1 unspecified atom stereocenters. The zero-order chi connectivity index (χ0) is 17.6. The first-order valence-electron chi connectivity index (χ1n) is 8.44. The first kappa shape index (κ1) is 18.7. The summed E-state index contributed by atoms with van der Waals surface area (Å²) in [6.07, 6.45) is 1.14. The van der Waals surface area contributed by atoms with Crippen LogP contribution in [-0.4, -0.2) is 34.9 Å². The number of benzene rings is 1. The third-order valence-electron chi connectivity index (χ3n) is 3.63. The highest BCUT2D eigenvalue weighted by atomic mass is 16.5. The standard InChI is InChI=1S/C20H29NO3/c1-16-7-5-8-17(11-16)12-21(14-19-9-6-10-23-19)13-18(22)15-24-20(2,3)4/h5-11,18,22H,12-15H2,1-4H3. The third kappa shape index (κ3) is 6.87. The number of hydrogen-bond donors (Lipinski definition) is 1. The Morgan fingerprint density at radius 1 is 1.17 bits per heavy atom. The highest BCUT2D eigenvalue weighted by Gasteiger charge is 2.17. The molecule has 0 bridgehead atoms. The Labute approximate surface area is 145 Å². The van der Waals surface area contributed by atoms with E-state index in [0.717, 1.165) is 12.3 Å². The Bertz CT molecular complexity index is 602. The maximum absolute atomic E-state index is 10.3. The fourth-order valence-corrected chi connectivity index (χ4v) is 2.57. The van der Waals surface area contributed by atoms with E-state index in [1.807, 2.05) is 32.9 Å². The molecule has 0 radical (unpaired) electrons. The molecule has 4 nitrogen and oxygen atoms in total. The van der Waals surface area contributed by atoms with E-state index in [-0.39, 0.29) is 5.60 Å². The minimum atomic E-state index is -0.538. The van der Waals surface area contributed by atoms with Crippen LogP contribution in [0.15, 0.2) is 47.1 Å². The Kier molecular flexibility index (Phi) is 6.60. The van der Waals surface area contributed by atoms with E-state index in [2.05, 4.69) is 36.1 Å². The van der Waals surface area contributed by atoms with Crippen molar-refractivity contribution >= 4 is 0 Å². The molecule has 0 aliphatic rings. The predicted molar refractivity (Wildman–Crippen MR) is 95.7 cm³/mol. The monoisotopic (exact) mass is 331 g/mol. The van der Waals surface area contributed by atoms with Crippen molar-refractivity contribution in [1.29, 1.82) is 0 Å². The maximum Gasteiger partial charge on any atom is 0.117 e. The molecular weight excluding hydrogens is 302 g/mol.